The lowest BCUT2D eigenvalue weighted by Gasteiger charge is -1.97. The van der Waals surface area contributed by atoms with Gasteiger partial charge in [-0.25, -0.2) is 4.79 Å². The summed E-state index contributed by atoms with van der Waals surface area (Å²) in [5.41, 5.74) is 3.51. The van der Waals surface area contributed by atoms with Crippen molar-refractivity contribution in [2.24, 2.45) is 7.05 Å². The number of carbonyl (C=O) groups excluding carboxylic acids is 1. The number of hydrogen-bond donors (Lipinski definition) is 1. The van der Waals surface area contributed by atoms with Crippen molar-refractivity contribution in [1.82, 2.24) is 14.8 Å². The predicted molar refractivity (Wildman–Crippen MR) is 76.5 cm³/mol. The lowest BCUT2D eigenvalue weighted by molar-refractivity contribution is 0.0520. The van der Waals surface area contributed by atoms with Crippen LogP contribution in [0.5, 0.6) is 0 Å². The average molecular weight is 269 g/mol. The number of nitrogens with zero attached hydrogens (tertiary/aromatic N) is 2. The van der Waals surface area contributed by atoms with Crippen LogP contribution in [0.2, 0.25) is 0 Å². The average Bonchev–Trinajstić information content (AvgIpc) is 3.04. The molecular weight excluding hydrogens is 254 g/mol. The highest BCUT2D eigenvalue weighted by Gasteiger charge is 2.11. The first-order chi connectivity index (χ1) is 9.67. The number of aromatic nitrogens is 3. The highest BCUT2D eigenvalue weighted by molar-refractivity contribution is 5.96. The van der Waals surface area contributed by atoms with Gasteiger partial charge in [-0.3, -0.25) is 4.68 Å². The Morgan fingerprint density at radius 2 is 2.20 bits per heavy atom. The van der Waals surface area contributed by atoms with Gasteiger partial charge in [-0.15, -0.1) is 0 Å². The summed E-state index contributed by atoms with van der Waals surface area (Å²) in [6.45, 7) is 2.16. The minimum Gasteiger partial charge on any atom is -0.461 e. The zero-order chi connectivity index (χ0) is 14.1. The van der Waals surface area contributed by atoms with E-state index in [2.05, 4.69) is 10.1 Å². The topological polar surface area (TPSA) is 59.9 Å². The Bertz CT molecular complexity index is 770. The van der Waals surface area contributed by atoms with Crippen molar-refractivity contribution in [3.63, 3.8) is 0 Å². The maximum Gasteiger partial charge on any atom is 0.354 e. The maximum absolute atomic E-state index is 11.7. The standard InChI is InChI=1S/C15H15N3O2/c1-3-20-15(19)14-7-11-6-10(4-5-13(11)17-14)12-8-16-18(2)9-12/h4-9,17H,3H2,1-2H3. The Labute approximate surface area is 116 Å². The van der Waals surface area contributed by atoms with Gasteiger partial charge < -0.3 is 9.72 Å². The van der Waals surface area contributed by atoms with Crippen LogP contribution in [-0.2, 0) is 11.8 Å². The number of esters is 1. The second-order valence-corrected chi connectivity index (χ2v) is 4.61. The van der Waals surface area contributed by atoms with Crippen molar-refractivity contribution in [3.8, 4) is 11.1 Å². The van der Waals surface area contributed by atoms with E-state index in [9.17, 15) is 4.79 Å². The summed E-state index contributed by atoms with van der Waals surface area (Å²) in [4.78, 5) is 14.8. The Balaban J connectivity index is 2.01. The first-order valence-corrected chi connectivity index (χ1v) is 6.46. The molecule has 0 atom stereocenters. The van der Waals surface area contributed by atoms with E-state index in [1.165, 1.54) is 0 Å². The summed E-state index contributed by atoms with van der Waals surface area (Å²) in [5, 5.41) is 5.15. The van der Waals surface area contributed by atoms with Gasteiger partial charge in [0.25, 0.3) is 0 Å². The Kier molecular flexibility index (Phi) is 3.02. The molecule has 0 bridgehead atoms. The largest absolute Gasteiger partial charge is 0.461 e. The number of rotatable bonds is 3. The van der Waals surface area contributed by atoms with Crippen molar-refractivity contribution in [3.05, 3.63) is 42.4 Å². The monoisotopic (exact) mass is 269 g/mol. The molecule has 102 valence electrons. The maximum atomic E-state index is 11.7. The molecule has 2 heterocycles. The minimum atomic E-state index is -0.327. The smallest absolute Gasteiger partial charge is 0.354 e. The summed E-state index contributed by atoms with van der Waals surface area (Å²) in [6, 6.07) is 7.81. The fourth-order valence-corrected chi connectivity index (χ4v) is 2.20. The number of fused-ring (bicyclic) bond motifs is 1. The van der Waals surface area contributed by atoms with E-state index >= 15 is 0 Å². The van der Waals surface area contributed by atoms with Crippen molar-refractivity contribution in [2.75, 3.05) is 6.61 Å². The molecule has 0 saturated carbocycles. The second-order valence-electron chi connectivity index (χ2n) is 4.61. The normalized spacial score (nSPS) is 10.9. The van der Waals surface area contributed by atoms with E-state index in [1.54, 1.807) is 11.6 Å². The summed E-state index contributed by atoms with van der Waals surface area (Å²) >= 11 is 0. The van der Waals surface area contributed by atoms with Crippen LogP contribution in [-0.4, -0.2) is 27.3 Å². The molecule has 20 heavy (non-hydrogen) atoms. The first-order valence-electron chi connectivity index (χ1n) is 6.46. The number of benzene rings is 1. The number of H-pyrrole nitrogens is 1. The van der Waals surface area contributed by atoms with Crippen LogP contribution >= 0.6 is 0 Å². The van der Waals surface area contributed by atoms with E-state index in [-0.39, 0.29) is 5.97 Å². The van der Waals surface area contributed by atoms with Crippen molar-refractivity contribution < 1.29 is 9.53 Å². The quantitative estimate of drug-likeness (QED) is 0.744. The second kappa shape index (κ2) is 4.85. The van der Waals surface area contributed by atoms with E-state index in [0.717, 1.165) is 22.0 Å². The zero-order valence-corrected chi connectivity index (χ0v) is 11.4. The SMILES string of the molecule is CCOC(=O)c1cc2cc(-c3cnn(C)c3)ccc2[nH]1. The van der Waals surface area contributed by atoms with Gasteiger partial charge in [0.05, 0.1) is 12.8 Å². The molecule has 1 N–H and O–H groups in total. The van der Waals surface area contributed by atoms with Gasteiger partial charge >= 0.3 is 5.97 Å². The van der Waals surface area contributed by atoms with Gasteiger partial charge in [0.15, 0.2) is 0 Å². The lowest BCUT2D eigenvalue weighted by Crippen LogP contribution is -2.04. The van der Waals surface area contributed by atoms with Crippen molar-refractivity contribution in [1.29, 1.82) is 0 Å². The third-order valence-corrected chi connectivity index (χ3v) is 3.15. The van der Waals surface area contributed by atoms with Crippen LogP contribution in [0.3, 0.4) is 0 Å². The minimum absolute atomic E-state index is 0.327. The molecule has 0 fully saturated rings. The molecule has 0 amide bonds. The highest BCUT2D eigenvalue weighted by atomic mass is 16.5. The van der Waals surface area contributed by atoms with Gasteiger partial charge in [-0.2, -0.15) is 5.10 Å². The molecule has 2 aromatic heterocycles. The molecule has 0 unspecified atom stereocenters. The molecule has 0 aliphatic carbocycles. The summed E-state index contributed by atoms with van der Waals surface area (Å²) in [6.07, 6.45) is 3.78. The molecule has 0 radical (unpaired) electrons. The third-order valence-electron chi connectivity index (χ3n) is 3.15. The van der Waals surface area contributed by atoms with Gasteiger partial charge in [0.2, 0.25) is 0 Å². The molecule has 0 spiro atoms. The number of hydrogen-bond acceptors (Lipinski definition) is 3. The highest BCUT2D eigenvalue weighted by Crippen LogP contribution is 2.24. The number of carbonyl (C=O) groups is 1. The fourth-order valence-electron chi connectivity index (χ4n) is 2.20. The van der Waals surface area contributed by atoms with E-state index < -0.39 is 0 Å². The summed E-state index contributed by atoms with van der Waals surface area (Å²) in [5.74, 6) is -0.327. The van der Waals surface area contributed by atoms with Crippen molar-refractivity contribution >= 4 is 16.9 Å². The first kappa shape index (κ1) is 12.5. The van der Waals surface area contributed by atoms with Gasteiger partial charge in [-0.1, -0.05) is 6.07 Å². The van der Waals surface area contributed by atoms with Crippen molar-refractivity contribution in [2.45, 2.75) is 6.92 Å². The van der Waals surface area contributed by atoms with Gasteiger partial charge in [-0.05, 0) is 30.7 Å². The van der Waals surface area contributed by atoms with Crippen LogP contribution in [0.1, 0.15) is 17.4 Å². The van der Waals surface area contributed by atoms with Crippen LogP contribution in [0.25, 0.3) is 22.0 Å². The summed E-state index contributed by atoms with van der Waals surface area (Å²) < 4.78 is 6.76. The molecule has 0 saturated heterocycles. The van der Waals surface area contributed by atoms with E-state index in [1.807, 2.05) is 43.7 Å². The van der Waals surface area contributed by atoms with Crippen LogP contribution in [0.4, 0.5) is 0 Å². The Morgan fingerprint density at radius 3 is 2.90 bits per heavy atom. The summed E-state index contributed by atoms with van der Waals surface area (Å²) in [7, 11) is 1.89. The number of aromatic amines is 1. The van der Waals surface area contributed by atoms with E-state index in [4.69, 9.17) is 4.74 Å². The Hall–Kier alpha value is -2.56. The van der Waals surface area contributed by atoms with Crippen LogP contribution in [0, 0.1) is 0 Å². The molecule has 3 rings (SSSR count). The Morgan fingerprint density at radius 1 is 1.35 bits per heavy atom. The predicted octanol–water partition coefficient (Wildman–Crippen LogP) is 2.75. The van der Waals surface area contributed by atoms with Gasteiger partial charge in [0, 0.05) is 29.7 Å². The molecule has 5 heteroatoms. The third kappa shape index (κ3) is 2.18. The van der Waals surface area contributed by atoms with Crippen LogP contribution < -0.4 is 0 Å². The molecule has 1 aromatic carbocycles. The fraction of sp³-hybridized carbons (Fsp3) is 0.200. The molecule has 3 aromatic rings. The molecule has 5 nitrogen and oxygen atoms in total. The molecule has 0 aliphatic heterocycles. The molecular formula is C15H15N3O2. The van der Waals surface area contributed by atoms with E-state index in [0.29, 0.717) is 12.3 Å². The zero-order valence-electron chi connectivity index (χ0n) is 11.4. The number of ether oxygens (including phenoxy) is 1. The lowest BCUT2D eigenvalue weighted by atomic mass is 10.1. The molecule has 0 aliphatic rings. The van der Waals surface area contributed by atoms with Crippen LogP contribution in [0.15, 0.2) is 36.7 Å². The number of aryl methyl sites for hydroxylation is 1. The van der Waals surface area contributed by atoms with Gasteiger partial charge in [0.1, 0.15) is 5.69 Å². The number of nitrogens with one attached hydrogen (secondary N) is 1.